The minimum absolute atomic E-state index is 0.464. The van der Waals surface area contributed by atoms with Gasteiger partial charge in [0.25, 0.3) is 5.91 Å². The standard InChI is InChI=1S/C20H17ClN2O3/c1-13-7-8-15(11-17(13)21)18-10-9-16(26-18)12-22-23-20(25)19(24)14-5-3-2-4-6-14/h2-12,19,24H,1H3,(H,23,25)/b22-12+. The normalized spacial score (nSPS) is 12.3. The summed E-state index contributed by atoms with van der Waals surface area (Å²) in [5.41, 5.74) is 4.63. The molecule has 0 radical (unpaired) electrons. The lowest BCUT2D eigenvalue weighted by Gasteiger charge is -2.08. The summed E-state index contributed by atoms with van der Waals surface area (Å²) in [5, 5.41) is 14.5. The lowest BCUT2D eigenvalue weighted by Crippen LogP contribution is -2.25. The van der Waals surface area contributed by atoms with Gasteiger partial charge in [-0.25, -0.2) is 5.43 Å². The second-order valence-electron chi connectivity index (χ2n) is 5.71. The summed E-state index contributed by atoms with van der Waals surface area (Å²) in [5.74, 6) is 0.486. The Morgan fingerprint density at radius 1 is 1.19 bits per heavy atom. The first-order valence-electron chi connectivity index (χ1n) is 7.97. The minimum Gasteiger partial charge on any atom is -0.455 e. The van der Waals surface area contributed by atoms with Gasteiger partial charge in [0.2, 0.25) is 0 Å². The zero-order valence-corrected chi connectivity index (χ0v) is 14.8. The second kappa shape index (κ2) is 7.99. The number of hydrogen-bond donors (Lipinski definition) is 2. The molecule has 0 aliphatic heterocycles. The van der Waals surface area contributed by atoms with Gasteiger partial charge in [-0.2, -0.15) is 5.10 Å². The summed E-state index contributed by atoms with van der Waals surface area (Å²) < 4.78 is 5.67. The maximum atomic E-state index is 11.9. The summed E-state index contributed by atoms with van der Waals surface area (Å²) >= 11 is 6.13. The molecule has 0 saturated carbocycles. The maximum Gasteiger partial charge on any atom is 0.273 e. The van der Waals surface area contributed by atoms with Crippen molar-refractivity contribution in [2.45, 2.75) is 13.0 Å². The van der Waals surface area contributed by atoms with Gasteiger partial charge in [-0.1, -0.05) is 54.1 Å². The van der Waals surface area contributed by atoms with Crippen molar-refractivity contribution in [2.75, 3.05) is 0 Å². The SMILES string of the molecule is Cc1ccc(-c2ccc(/C=N/NC(=O)C(O)c3ccccc3)o2)cc1Cl. The number of hydrogen-bond acceptors (Lipinski definition) is 4. The molecule has 3 rings (SSSR count). The van der Waals surface area contributed by atoms with Crippen molar-refractivity contribution in [1.29, 1.82) is 0 Å². The molecule has 2 N–H and O–H groups in total. The van der Waals surface area contributed by atoms with Crippen LogP contribution in [0.5, 0.6) is 0 Å². The van der Waals surface area contributed by atoms with Crippen LogP contribution in [0.15, 0.2) is 70.2 Å². The van der Waals surface area contributed by atoms with Gasteiger partial charge in [-0.05, 0) is 36.2 Å². The fourth-order valence-electron chi connectivity index (χ4n) is 2.33. The van der Waals surface area contributed by atoms with E-state index in [2.05, 4.69) is 10.5 Å². The highest BCUT2D eigenvalue weighted by molar-refractivity contribution is 6.31. The number of rotatable bonds is 5. The average molecular weight is 369 g/mol. The van der Waals surface area contributed by atoms with Gasteiger partial charge in [0.1, 0.15) is 11.5 Å². The molecule has 0 saturated heterocycles. The van der Waals surface area contributed by atoms with Crippen LogP contribution in [-0.4, -0.2) is 17.2 Å². The zero-order chi connectivity index (χ0) is 18.5. The molecule has 0 aliphatic carbocycles. The van der Waals surface area contributed by atoms with E-state index in [0.717, 1.165) is 11.1 Å². The Kier molecular flexibility index (Phi) is 5.51. The molecule has 0 fully saturated rings. The number of aliphatic hydroxyl groups excluding tert-OH is 1. The van der Waals surface area contributed by atoms with Crippen LogP contribution < -0.4 is 5.43 Å². The van der Waals surface area contributed by atoms with Gasteiger partial charge >= 0.3 is 0 Å². The van der Waals surface area contributed by atoms with Gasteiger partial charge in [0, 0.05) is 10.6 Å². The Bertz CT molecular complexity index is 935. The van der Waals surface area contributed by atoms with Crippen LogP contribution >= 0.6 is 11.6 Å². The molecule has 0 aliphatic rings. The third-order valence-electron chi connectivity index (χ3n) is 3.81. The van der Waals surface area contributed by atoms with Crippen LogP contribution in [0.25, 0.3) is 11.3 Å². The summed E-state index contributed by atoms with van der Waals surface area (Å²) in [7, 11) is 0. The lowest BCUT2D eigenvalue weighted by atomic mass is 10.1. The molecular formula is C20H17ClN2O3. The molecule has 1 heterocycles. The maximum absolute atomic E-state index is 11.9. The number of nitrogens with one attached hydrogen (secondary N) is 1. The van der Waals surface area contributed by atoms with Crippen molar-refractivity contribution in [2.24, 2.45) is 5.10 Å². The van der Waals surface area contributed by atoms with E-state index in [-0.39, 0.29) is 0 Å². The van der Waals surface area contributed by atoms with Crippen LogP contribution in [0.1, 0.15) is 23.0 Å². The minimum atomic E-state index is -1.28. The number of nitrogens with zero attached hydrogens (tertiary/aromatic N) is 1. The summed E-state index contributed by atoms with van der Waals surface area (Å²) in [6, 6.07) is 17.8. The average Bonchev–Trinajstić information content (AvgIpc) is 3.13. The topological polar surface area (TPSA) is 74.8 Å². The number of aryl methyl sites for hydroxylation is 1. The quantitative estimate of drug-likeness (QED) is 0.526. The Hall–Kier alpha value is -2.89. The Balaban J connectivity index is 1.63. The van der Waals surface area contributed by atoms with E-state index < -0.39 is 12.0 Å². The van der Waals surface area contributed by atoms with Gasteiger partial charge in [0.05, 0.1) is 6.21 Å². The summed E-state index contributed by atoms with van der Waals surface area (Å²) in [4.78, 5) is 11.9. The molecule has 132 valence electrons. The van der Waals surface area contributed by atoms with E-state index in [1.165, 1.54) is 6.21 Å². The number of benzene rings is 2. The number of aliphatic hydroxyl groups is 1. The summed E-state index contributed by atoms with van der Waals surface area (Å²) in [6.45, 7) is 1.93. The summed E-state index contributed by atoms with van der Waals surface area (Å²) in [6.07, 6.45) is 0.0877. The smallest absolute Gasteiger partial charge is 0.273 e. The van der Waals surface area contributed by atoms with Crippen LogP contribution in [0.2, 0.25) is 5.02 Å². The second-order valence-corrected chi connectivity index (χ2v) is 6.12. The molecule has 3 aromatic rings. The van der Waals surface area contributed by atoms with Crippen molar-refractivity contribution in [3.05, 3.63) is 82.6 Å². The molecule has 0 spiro atoms. The third-order valence-corrected chi connectivity index (χ3v) is 4.22. The number of carbonyl (C=O) groups excluding carboxylic acids is 1. The Labute approximate surface area is 155 Å². The molecule has 0 bridgehead atoms. The number of furan rings is 1. The van der Waals surface area contributed by atoms with Crippen molar-refractivity contribution >= 4 is 23.7 Å². The Morgan fingerprint density at radius 3 is 2.69 bits per heavy atom. The fraction of sp³-hybridized carbons (Fsp3) is 0.100. The fourth-order valence-corrected chi connectivity index (χ4v) is 2.51. The molecule has 5 nitrogen and oxygen atoms in total. The molecular weight excluding hydrogens is 352 g/mol. The number of hydrazone groups is 1. The third kappa shape index (κ3) is 4.20. The molecule has 2 aromatic carbocycles. The predicted octanol–water partition coefficient (Wildman–Crippen LogP) is 4.09. The highest BCUT2D eigenvalue weighted by Gasteiger charge is 2.16. The lowest BCUT2D eigenvalue weighted by molar-refractivity contribution is -0.129. The van der Waals surface area contributed by atoms with Crippen molar-refractivity contribution in [1.82, 2.24) is 5.43 Å². The van der Waals surface area contributed by atoms with Crippen LogP contribution in [-0.2, 0) is 4.79 Å². The highest BCUT2D eigenvalue weighted by Crippen LogP contribution is 2.26. The van der Waals surface area contributed by atoms with Crippen LogP contribution in [0.4, 0.5) is 0 Å². The number of amides is 1. The molecule has 1 unspecified atom stereocenters. The van der Waals surface area contributed by atoms with Crippen LogP contribution in [0.3, 0.4) is 0 Å². The van der Waals surface area contributed by atoms with E-state index in [4.69, 9.17) is 16.0 Å². The molecule has 6 heteroatoms. The molecule has 1 atom stereocenters. The van der Waals surface area contributed by atoms with E-state index >= 15 is 0 Å². The number of carbonyl (C=O) groups is 1. The monoisotopic (exact) mass is 368 g/mol. The first-order valence-corrected chi connectivity index (χ1v) is 8.34. The first-order chi connectivity index (χ1) is 12.5. The molecule has 26 heavy (non-hydrogen) atoms. The zero-order valence-electron chi connectivity index (χ0n) is 14.0. The Morgan fingerprint density at radius 2 is 1.96 bits per heavy atom. The number of halogens is 1. The van der Waals surface area contributed by atoms with Gasteiger partial charge in [-0.3, -0.25) is 4.79 Å². The van der Waals surface area contributed by atoms with Crippen molar-refractivity contribution < 1.29 is 14.3 Å². The van der Waals surface area contributed by atoms with Gasteiger partial charge < -0.3 is 9.52 Å². The van der Waals surface area contributed by atoms with Gasteiger partial charge in [-0.15, -0.1) is 0 Å². The van der Waals surface area contributed by atoms with Crippen molar-refractivity contribution in [3.8, 4) is 11.3 Å². The largest absolute Gasteiger partial charge is 0.455 e. The van der Waals surface area contributed by atoms with Crippen LogP contribution in [0, 0.1) is 6.92 Å². The predicted molar refractivity (Wildman–Crippen MR) is 101 cm³/mol. The highest BCUT2D eigenvalue weighted by atomic mass is 35.5. The van der Waals surface area contributed by atoms with E-state index in [9.17, 15) is 9.90 Å². The van der Waals surface area contributed by atoms with Gasteiger partial charge in [0.15, 0.2) is 6.10 Å². The molecule has 1 aromatic heterocycles. The van der Waals surface area contributed by atoms with E-state index in [0.29, 0.717) is 22.1 Å². The molecule has 1 amide bonds. The van der Waals surface area contributed by atoms with E-state index in [1.807, 2.05) is 31.2 Å². The first kappa shape index (κ1) is 17.9. The van der Waals surface area contributed by atoms with Crippen molar-refractivity contribution in [3.63, 3.8) is 0 Å². The van der Waals surface area contributed by atoms with E-state index in [1.54, 1.807) is 36.4 Å².